The van der Waals surface area contributed by atoms with Gasteiger partial charge in [0.2, 0.25) is 5.88 Å². The molecule has 0 bridgehead atoms. The number of aryl methyl sites for hydroxylation is 2. The maximum absolute atomic E-state index is 13.2. The maximum Gasteiger partial charge on any atom is 0.345 e. The number of carbonyl (C=O) groups is 1. The lowest BCUT2D eigenvalue weighted by atomic mass is 10.1. The van der Waals surface area contributed by atoms with Crippen molar-refractivity contribution in [3.63, 3.8) is 0 Å². The van der Waals surface area contributed by atoms with Gasteiger partial charge in [0.1, 0.15) is 0 Å². The van der Waals surface area contributed by atoms with Crippen molar-refractivity contribution in [1.29, 1.82) is 0 Å². The zero-order chi connectivity index (χ0) is 24.2. The Kier molecular flexibility index (Phi) is 7.74. The summed E-state index contributed by atoms with van der Waals surface area (Å²) in [5, 5.41) is 4.70. The number of nitrogens with zero attached hydrogens (tertiary/aromatic N) is 2. The largest absolute Gasteiger partial charge is 0.490 e. The Balaban J connectivity index is 1.98. The van der Waals surface area contributed by atoms with Crippen LogP contribution in [0.2, 0.25) is 0 Å². The molecule has 3 aromatic rings. The van der Waals surface area contributed by atoms with Gasteiger partial charge < -0.3 is 14.2 Å². The van der Waals surface area contributed by atoms with E-state index in [2.05, 4.69) is 31.2 Å². The van der Waals surface area contributed by atoms with Crippen molar-refractivity contribution in [2.75, 3.05) is 13.2 Å². The number of benzene rings is 2. The van der Waals surface area contributed by atoms with E-state index in [1.165, 1.54) is 17.3 Å². The van der Waals surface area contributed by atoms with E-state index in [1.807, 2.05) is 41.5 Å². The van der Waals surface area contributed by atoms with E-state index < -0.39 is 5.97 Å². The first-order valence-electron chi connectivity index (χ1n) is 11.1. The molecule has 0 aliphatic rings. The zero-order valence-electron chi connectivity index (χ0n) is 20.4. The van der Waals surface area contributed by atoms with Crippen LogP contribution in [0.3, 0.4) is 0 Å². The highest BCUT2D eigenvalue weighted by molar-refractivity contribution is 7.99. The van der Waals surface area contributed by atoms with Crippen molar-refractivity contribution >= 4 is 17.7 Å². The molecule has 33 heavy (non-hydrogen) atoms. The van der Waals surface area contributed by atoms with Crippen LogP contribution in [0.4, 0.5) is 0 Å². The first-order valence-corrected chi connectivity index (χ1v) is 11.9. The Morgan fingerprint density at radius 2 is 1.61 bits per heavy atom. The summed E-state index contributed by atoms with van der Waals surface area (Å²) < 4.78 is 19.0. The summed E-state index contributed by atoms with van der Waals surface area (Å²) in [5.74, 6) is 1.07. The van der Waals surface area contributed by atoms with Crippen LogP contribution >= 0.6 is 11.8 Å². The second-order valence-electron chi connectivity index (χ2n) is 8.63. The van der Waals surface area contributed by atoms with E-state index in [9.17, 15) is 4.79 Å². The third-order valence-corrected chi connectivity index (χ3v) is 5.99. The lowest BCUT2D eigenvalue weighted by molar-refractivity contribution is 0.0703. The fraction of sp³-hybridized carbons (Fsp3) is 0.385. The van der Waals surface area contributed by atoms with Crippen LogP contribution < -0.4 is 14.2 Å². The third kappa shape index (κ3) is 5.90. The quantitative estimate of drug-likeness (QED) is 0.355. The molecule has 2 aromatic carbocycles. The summed E-state index contributed by atoms with van der Waals surface area (Å²) >= 11 is 1.54. The Morgan fingerprint density at radius 1 is 0.970 bits per heavy atom. The summed E-state index contributed by atoms with van der Waals surface area (Å²) in [6.07, 6.45) is 0. The Labute approximate surface area is 200 Å². The van der Waals surface area contributed by atoms with Crippen LogP contribution in [0.25, 0.3) is 0 Å². The number of hydrogen-bond donors (Lipinski definition) is 0. The minimum atomic E-state index is -0.477. The molecule has 0 aliphatic heterocycles. The van der Waals surface area contributed by atoms with Gasteiger partial charge in [0.05, 0.1) is 34.9 Å². The lowest BCUT2D eigenvalue weighted by Gasteiger charge is -2.22. The van der Waals surface area contributed by atoms with E-state index in [0.717, 1.165) is 15.5 Å². The molecule has 6 nitrogen and oxygen atoms in total. The summed E-state index contributed by atoms with van der Waals surface area (Å²) in [4.78, 5) is 15.1. The average Bonchev–Trinajstić information content (AvgIpc) is 3.07. The standard InChI is InChI=1S/C26H32N2O4S/c1-8-30-21-15-12-19(16-22(21)31-9-2)25(29)32-24-23(18(4)27-28(24)26(5,6)7)33-20-13-10-17(3)11-14-20/h10-16H,8-9H2,1-7H3. The minimum Gasteiger partial charge on any atom is -0.490 e. The van der Waals surface area contributed by atoms with Crippen LogP contribution in [-0.2, 0) is 5.54 Å². The molecule has 176 valence electrons. The van der Waals surface area contributed by atoms with Crippen molar-refractivity contribution in [2.24, 2.45) is 0 Å². The van der Waals surface area contributed by atoms with Gasteiger partial charge in [-0.3, -0.25) is 0 Å². The number of rotatable bonds is 8. The summed E-state index contributed by atoms with van der Waals surface area (Å²) in [5.41, 5.74) is 2.00. The molecular formula is C26H32N2O4S. The molecule has 1 aromatic heterocycles. The molecule has 0 N–H and O–H groups in total. The molecule has 0 radical (unpaired) electrons. The summed E-state index contributed by atoms with van der Waals surface area (Å²) in [7, 11) is 0. The molecule has 0 atom stereocenters. The molecule has 7 heteroatoms. The molecule has 0 aliphatic carbocycles. The van der Waals surface area contributed by atoms with Crippen LogP contribution in [0.1, 0.15) is 56.2 Å². The molecule has 0 fully saturated rings. The van der Waals surface area contributed by atoms with Gasteiger partial charge in [0.25, 0.3) is 0 Å². The predicted octanol–water partition coefficient (Wildman–Crippen LogP) is 6.42. The normalized spacial score (nSPS) is 11.4. The van der Waals surface area contributed by atoms with E-state index in [1.54, 1.807) is 22.9 Å². The average molecular weight is 469 g/mol. The highest BCUT2D eigenvalue weighted by atomic mass is 32.2. The van der Waals surface area contributed by atoms with Gasteiger partial charge in [-0.25, -0.2) is 9.48 Å². The van der Waals surface area contributed by atoms with E-state index in [0.29, 0.717) is 36.2 Å². The number of carbonyl (C=O) groups excluding carboxylic acids is 1. The molecule has 0 saturated heterocycles. The smallest absolute Gasteiger partial charge is 0.345 e. The molecule has 3 rings (SSSR count). The highest BCUT2D eigenvalue weighted by Crippen LogP contribution is 2.40. The Morgan fingerprint density at radius 3 is 2.21 bits per heavy atom. The second kappa shape index (κ2) is 10.3. The number of ether oxygens (including phenoxy) is 3. The molecule has 0 saturated carbocycles. The minimum absolute atomic E-state index is 0.373. The van der Waals surface area contributed by atoms with Gasteiger partial charge in [-0.1, -0.05) is 29.5 Å². The number of esters is 1. The fourth-order valence-electron chi connectivity index (χ4n) is 3.20. The van der Waals surface area contributed by atoms with E-state index in [-0.39, 0.29) is 5.54 Å². The van der Waals surface area contributed by atoms with Crippen molar-refractivity contribution in [3.8, 4) is 17.4 Å². The van der Waals surface area contributed by atoms with Crippen LogP contribution in [0.5, 0.6) is 17.4 Å². The van der Waals surface area contributed by atoms with E-state index in [4.69, 9.17) is 19.3 Å². The molecule has 0 unspecified atom stereocenters. The number of hydrogen-bond acceptors (Lipinski definition) is 6. The van der Waals surface area contributed by atoms with Crippen molar-refractivity contribution in [1.82, 2.24) is 9.78 Å². The Bertz CT molecular complexity index is 1110. The van der Waals surface area contributed by atoms with Gasteiger partial charge in [0, 0.05) is 4.90 Å². The highest BCUT2D eigenvalue weighted by Gasteiger charge is 2.28. The van der Waals surface area contributed by atoms with Crippen molar-refractivity contribution in [3.05, 3.63) is 59.3 Å². The van der Waals surface area contributed by atoms with Crippen molar-refractivity contribution in [2.45, 2.75) is 63.8 Å². The van der Waals surface area contributed by atoms with Gasteiger partial charge in [0.15, 0.2) is 11.5 Å². The van der Waals surface area contributed by atoms with Crippen LogP contribution in [0.15, 0.2) is 52.3 Å². The van der Waals surface area contributed by atoms with Crippen molar-refractivity contribution < 1.29 is 19.0 Å². The van der Waals surface area contributed by atoms with Gasteiger partial charge in [-0.05, 0) is 78.8 Å². The SMILES string of the molecule is CCOc1ccc(C(=O)Oc2c(Sc3ccc(C)cc3)c(C)nn2C(C)(C)C)cc1OCC. The first-order chi connectivity index (χ1) is 15.6. The Hall–Kier alpha value is -2.93. The summed E-state index contributed by atoms with van der Waals surface area (Å²) in [6.45, 7) is 14.8. The van der Waals surface area contributed by atoms with Gasteiger partial charge >= 0.3 is 5.97 Å². The monoisotopic (exact) mass is 468 g/mol. The fourth-order valence-corrected chi connectivity index (χ4v) is 4.11. The van der Waals surface area contributed by atoms with E-state index >= 15 is 0 Å². The van der Waals surface area contributed by atoms with Gasteiger partial charge in [-0.15, -0.1) is 0 Å². The molecule has 0 spiro atoms. The molecule has 0 amide bonds. The summed E-state index contributed by atoms with van der Waals surface area (Å²) in [6, 6.07) is 13.3. The van der Waals surface area contributed by atoms with Crippen LogP contribution in [0, 0.1) is 13.8 Å². The van der Waals surface area contributed by atoms with Crippen LogP contribution in [-0.4, -0.2) is 29.0 Å². The predicted molar refractivity (Wildman–Crippen MR) is 131 cm³/mol. The lowest BCUT2D eigenvalue weighted by Crippen LogP contribution is -2.25. The molecule has 1 heterocycles. The first kappa shape index (κ1) is 24.7. The maximum atomic E-state index is 13.2. The second-order valence-corrected chi connectivity index (χ2v) is 9.72. The van der Waals surface area contributed by atoms with Gasteiger partial charge in [-0.2, -0.15) is 5.10 Å². The zero-order valence-corrected chi connectivity index (χ0v) is 21.2. The number of aromatic nitrogens is 2. The topological polar surface area (TPSA) is 62.6 Å². The molecular weight excluding hydrogens is 436 g/mol. The third-order valence-electron chi connectivity index (χ3n) is 4.81.